The van der Waals surface area contributed by atoms with Gasteiger partial charge in [-0.3, -0.25) is 14.9 Å². The van der Waals surface area contributed by atoms with Gasteiger partial charge in [-0.25, -0.2) is 4.79 Å². The van der Waals surface area contributed by atoms with E-state index in [1.807, 2.05) is 13.8 Å². The van der Waals surface area contributed by atoms with Gasteiger partial charge in [0, 0.05) is 21.4 Å². The molecule has 23 heavy (non-hydrogen) atoms. The number of nitro groups is 1. The summed E-state index contributed by atoms with van der Waals surface area (Å²) >= 11 is 1.48. The number of Topliss-reactive ketones (excluding diaryl/α,β-unsaturated/α-hetero) is 1. The Hall–Kier alpha value is -2.74. The Labute approximate surface area is 135 Å². The van der Waals surface area contributed by atoms with E-state index < -0.39 is 17.5 Å². The Morgan fingerprint density at radius 1 is 1.30 bits per heavy atom. The molecule has 0 spiro atoms. The lowest BCUT2D eigenvalue weighted by Crippen LogP contribution is -2.14. The first kappa shape index (κ1) is 16.6. The molecule has 0 aliphatic rings. The fourth-order valence-electron chi connectivity index (χ4n) is 2.03. The van der Waals surface area contributed by atoms with Crippen molar-refractivity contribution in [3.8, 4) is 0 Å². The number of ketones is 1. The standard InChI is InChI=1S/C15H14N2O5S/c1-8-5-11(9(2)23-8)14(18)7-22-15(19)10-3-4-12(16)13(6-10)17(20)21/h3-6H,7,16H2,1-2H3. The van der Waals surface area contributed by atoms with E-state index in [2.05, 4.69) is 0 Å². The van der Waals surface area contributed by atoms with Crippen LogP contribution in [0.1, 0.15) is 30.5 Å². The van der Waals surface area contributed by atoms with E-state index in [-0.39, 0.29) is 22.7 Å². The van der Waals surface area contributed by atoms with Crippen molar-refractivity contribution in [2.45, 2.75) is 13.8 Å². The first-order chi connectivity index (χ1) is 10.8. The maximum atomic E-state index is 12.0. The predicted molar refractivity (Wildman–Crippen MR) is 85.9 cm³/mol. The molecule has 7 nitrogen and oxygen atoms in total. The van der Waals surface area contributed by atoms with Crippen molar-refractivity contribution in [1.29, 1.82) is 0 Å². The van der Waals surface area contributed by atoms with Crippen LogP contribution in [0.4, 0.5) is 11.4 Å². The highest BCUT2D eigenvalue weighted by Crippen LogP contribution is 2.23. The Bertz CT molecular complexity index is 797. The van der Waals surface area contributed by atoms with Crippen LogP contribution in [0.25, 0.3) is 0 Å². The topological polar surface area (TPSA) is 113 Å². The van der Waals surface area contributed by atoms with Crippen LogP contribution in [0.5, 0.6) is 0 Å². The first-order valence-electron chi connectivity index (χ1n) is 6.61. The number of hydrogen-bond acceptors (Lipinski definition) is 7. The number of rotatable bonds is 5. The van der Waals surface area contributed by atoms with Crippen LogP contribution < -0.4 is 5.73 Å². The molecule has 8 heteroatoms. The summed E-state index contributed by atoms with van der Waals surface area (Å²) in [5.41, 5.74) is 5.52. The SMILES string of the molecule is Cc1cc(C(=O)COC(=O)c2ccc(N)c([N+](=O)[O-])c2)c(C)s1. The van der Waals surface area contributed by atoms with Crippen LogP contribution >= 0.6 is 11.3 Å². The first-order valence-corrected chi connectivity index (χ1v) is 7.42. The summed E-state index contributed by atoms with van der Waals surface area (Å²) in [4.78, 5) is 35.9. The molecule has 2 N–H and O–H groups in total. The lowest BCUT2D eigenvalue weighted by atomic mass is 10.1. The molecular weight excluding hydrogens is 320 g/mol. The number of nitrogens with two attached hydrogens (primary N) is 1. The maximum Gasteiger partial charge on any atom is 0.338 e. The number of benzene rings is 1. The van der Waals surface area contributed by atoms with Crippen molar-refractivity contribution >= 4 is 34.5 Å². The lowest BCUT2D eigenvalue weighted by Gasteiger charge is -2.05. The van der Waals surface area contributed by atoms with Crippen molar-refractivity contribution in [3.05, 3.63) is 55.3 Å². The van der Waals surface area contributed by atoms with Crippen molar-refractivity contribution in [2.24, 2.45) is 0 Å². The van der Waals surface area contributed by atoms with Gasteiger partial charge in [0.15, 0.2) is 6.61 Å². The quantitative estimate of drug-likeness (QED) is 0.296. The van der Waals surface area contributed by atoms with E-state index in [1.165, 1.54) is 23.5 Å². The molecule has 0 aliphatic carbocycles. The second-order valence-corrected chi connectivity index (χ2v) is 6.32. The fraction of sp³-hybridized carbons (Fsp3) is 0.200. The van der Waals surface area contributed by atoms with E-state index in [0.29, 0.717) is 5.56 Å². The van der Waals surface area contributed by atoms with Gasteiger partial charge in [0.2, 0.25) is 5.78 Å². The van der Waals surface area contributed by atoms with Crippen molar-refractivity contribution < 1.29 is 19.2 Å². The third-order valence-corrected chi connectivity index (χ3v) is 4.10. The molecule has 1 aromatic carbocycles. The molecule has 0 radical (unpaired) electrons. The van der Waals surface area contributed by atoms with Gasteiger partial charge in [-0.05, 0) is 32.0 Å². The summed E-state index contributed by atoms with van der Waals surface area (Å²) in [7, 11) is 0. The van der Waals surface area contributed by atoms with Gasteiger partial charge >= 0.3 is 5.97 Å². The largest absolute Gasteiger partial charge is 0.454 e. The summed E-state index contributed by atoms with van der Waals surface area (Å²) in [6.45, 7) is 3.28. The second kappa shape index (κ2) is 6.57. The number of ether oxygens (including phenoxy) is 1. The average Bonchev–Trinajstić information content (AvgIpc) is 2.83. The normalized spacial score (nSPS) is 10.3. The molecule has 2 aromatic rings. The number of carbonyl (C=O) groups is 2. The molecule has 0 saturated heterocycles. The van der Waals surface area contributed by atoms with Crippen LogP contribution in [0, 0.1) is 24.0 Å². The molecular formula is C15H14N2O5S. The number of anilines is 1. The van der Waals surface area contributed by atoms with E-state index >= 15 is 0 Å². The minimum absolute atomic E-state index is 0.0306. The summed E-state index contributed by atoms with van der Waals surface area (Å²) in [5, 5.41) is 10.8. The van der Waals surface area contributed by atoms with E-state index in [9.17, 15) is 19.7 Å². The molecule has 0 atom stereocenters. The fourth-order valence-corrected chi connectivity index (χ4v) is 2.97. The molecule has 1 aromatic heterocycles. The second-order valence-electron chi connectivity index (χ2n) is 4.86. The molecule has 0 saturated carbocycles. The highest BCUT2D eigenvalue weighted by Gasteiger charge is 2.19. The summed E-state index contributed by atoms with van der Waals surface area (Å²) in [6, 6.07) is 5.34. The van der Waals surface area contributed by atoms with Crippen LogP contribution in [0.3, 0.4) is 0 Å². The van der Waals surface area contributed by atoms with E-state index in [4.69, 9.17) is 10.5 Å². The molecule has 0 unspecified atom stereocenters. The van der Waals surface area contributed by atoms with Crippen LogP contribution in [-0.2, 0) is 4.74 Å². The van der Waals surface area contributed by atoms with Gasteiger partial charge in [-0.15, -0.1) is 11.3 Å². The van der Waals surface area contributed by atoms with Crippen molar-refractivity contribution in [2.75, 3.05) is 12.3 Å². The molecule has 0 amide bonds. The van der Waals surface area contributed by atoms with Crippen molar-refractivity contribution in [3.63, 3.8) is 0 Å². The van der Waals surface area contributed by atoms with Crippen LogP contribution in [0.15, 0.2) is 24.3 Å². The molecule has 1 heterocycles. The summed E-state index contributed by atoms with van der Waals surface area (Å²) in [6.07, 6.45) is 0. The molecule has 2 rings (SSSR count). The van der Waals surface area contributed by atoms with Gasteiger partial charge in [0.05, 0.1) is 10.5 Å². The Kier molecular flexibility index (Phi) is 4.75. The number of hydrogen-bond donors (Lipinski definition) is 1. The maximum absolute atomic E-state index is 12.0. The highest BCUT2D eigenvalue weighted by molar-refractivity contribution is 7.12. The van der Waals surface area contributed by atoms with Gasteiger partial charge in [-0.1, -0.05) is 0 Å². The predicted octanol–water partition coefficient (Wildman–Crippen LogP) is 2.90. The van der Waals surface area contributed by atoms with Gasteiger partial charge < -0.3 is 10.5 Å². The zero-order valence-electron chi connectivity index (χ0n) is 12.5. The zero-order chi connectivity index (χ0) is 17.1. The Morgan fingerprint density at radius 3 is 2.57 bits per heavy atom. The Balaban J connectivity index is 2.08. The van der Waals surface area contributed by atoms with Gasteiger partial charge in [0.25, 0.3) is 5.69 Å². The summed E-state index contributed by atoms with van der Waals surface area (Å²) < 4.78 is 4.94. The molecule has 0 fully saturated rings. The number of aryl methyl sites for hydroxylation is 2. The molecule has 0 aliphatic heterocycles. The Morgan fingerprint density at radius 2 is 2.00 bits per heavy atom. The van der Waals surface area contributed by atoms with E-state index in [1.54, 1.807) is 6.07 Å². The number of carbonyl (C=O) groups excluding carboxylic acids is 2. The molecule has 0 bridgehead atoms. The van der Waals surface area contributed by atoms with E-state index in [0.717, 1.165) is 15.8 Å². The zero-order valence-corrected chi connectivity index (χ0v) is 13.3. The third-order valence-electron chi connectivity index (χ3n) is 3.14. The number of nitrogen functional groups attached to an aromatic ring is 1. The van der Waals surface area contributed by atoms with Gasteiger partial charge in [-0.2, -0.15) is 0 Å². The monoisotopic (exact) mass is 334 g/mol. The number of esters is 1. The highest BCUT2D eigenvalue weighted by atomic mass is 32.1. The minimum Gasteiger partial charge on any atom is -0.454 e. The number of nitro benzene ring substituents is 1. The smallest absolute Gasteiger partial charge is 0.338 e. The average molecular weight is 334 g/mol. The number of thiophene rings is 1. The third kappa shape index (κ3) is 3.72. The summed E-state index contributed by atoms with van der Waals surface area (Å²) in [5.74, 6) is -1.13. The lowest BCUT2D eigenvalue weighted by molar-refractivity contribution is -0.383. The minimum atomic E-state index is -0.814. The van der Waals surface area contributed by atoms with Crippen LogP contribution in [0.2, 0.25) is 0 Å². The van der Waals surface area contributed by atoms with Gasteiger partial charge in [0.1, 0.15) is 5.69 Å². The molecule has 120 valence electrons. The van der Waals surface area contributed by atoms with Crippen LogP contribution in [-0.4, -0.2) is 23.3 Å². The number of nitrogens with zero attached hydrogens (tertiary/aromatic N) is 1. The van der Waals surface area contributed by atoms with Crippen molar-refractivity contribution in [1.82, 2.24) is 0 Å².